The second-order valence-corrected chi connectivity index (χ2v) is 5.27. The SMILES string of the molecule is O=C(CSc1ccnc2cc(C(F)(F)F)ccc12)C(F)(F)F. The molecule has 0 bridgehead atoms. The van der Waals surface area contributed by atoms with Gasteiger partial charge in [0.25, 0.3) is 0 Å². The van der Waals surface area contributed by atoms with Crippen molar-refractivity contribution < 1.29 is 31.1 Å². The molecule has 118 valence electrons. The maximum Gasteiger partial charge on any atom is 0.450 e. The number of aromatic nitrogens is 1. The first-order valence-electron chi connectivity index (χ1n) is 5.78. The molecule has 1 aromatic heterocycles. The van der Waals surface area contributed by atoms with Gasteiger partial charge in [-0.3, -0.25) is 9.78 Å². The van der Waals surface area contributed by atoms with Crippen molar-refractivity contribution in [1.29, 1.82) is 0 Å². The van der Waals surface area contributed by atoms with Gasteiger partial charge in [-0.1, -0.05) is 6.07 Å². The summed E-state index contributed by atoms with van der Waals surface area (Å²) in [4.78, 5) is 14.9. The number of Topliss-reactive ketones (excluding diaryl/α,β-unsaturated/α-hetero) is 1. The summed E-state index contributed by atoms with van der Waals surface area (Å²) in [7, 11) is 0. The molecular formula is C13H7F6NOS. The Morgan fingerprint density at radius 3 is 2.36 bits per heavy atom. The van der Waals surface area contributed by atoms with Gasteiger partial charge in [0.1, 0.15) is 0 Å². The van der Waals surface area contributed by atoms with Gasteiger partial charge in [0.05, 0.1) is 16.8 Å². The Labute approximate surface area is 124 Å². The summed E-state index contributed by atoms with van der Waals surface area (Å²) in [6, 6.07) is 4.11. The Bertz CT molecular complexity index is 710. The molecule has 0 saturated heterocycles. The molecule has 0 aliphatic carbocycles. The number of ketones is 1. The van der Waals surface area contributed by atoms with Crippen molar-refractivity contribution in [3.8, 4) is 0 Å². The van der Waals surface area contributed by atoms with Crippen LogP contribution in [-0.2, 0) is 11.0 Å². The van der Waals surface area contributed by atoms with E-state index in [0.29, 0.717) is 11.8 Å². The summed E-state index contributed by atoms with van der Waals surface area (Å²) in [5.74, 6) is -2.75. The molecule has 0 aliphatic heterocycles. The zero-order valence-corrected chi connectivity index (χ0v) is 11.4. The normalized spacial score (nSPS) is 12.6. The summed E-state index contributed by atoms with van der Waals surface area (Å²) in [6.07, 6.45) is -8.28. The van der Waals surface area contributed by atoms with Gasteiger partial charge in [-0.2, -0.15) is 26.3 Å². The number of thioether (sulfide) groups is 1. The minimum Gasteiger partial charge on any atom is -0.289 e. The molecule has 0 spiro atoms. The highest BCUT2D eigenvalue weighted by molar-refractivity contribution is 8.00. The van der Waals surface area contributed by atoms with Crippen LogP contribution in [0.4, 0.5) is 26.3 Å². The maximum atomic E-state index is 12.6. The van der Waals surface area contributed by atoms with E-state index in [-0.39, 0.29) is 15.8 Å². The number of nitrogens with zero attached hydrogens (tertiary/aromatic N) is 1. The third-order valence-electron chi connectivity index (χ3n) is 2.70. The topological polar surface area (TPSA) is 30.0 Å². The molecule has 0 atom stereocenters. The smallest absolute Gasteiger partial charge is 0.289 e. The molecule has 2 nitrogen and oxygen atoms in total. The number of carbonyl (C=O) groups is 1. The average molecular weight is 339 g/mol. The predicted octanol–water partition coefficient (Wildman–Crippen LogP) is 4.48. The molecule has 0 saturated carbocycles. The van der Waals surface area contributed by atoms with Gasteiger partial charge in [0, 0.05) is 16.5 Å². The van der Waals surface area contributed by atoms with Gasteiger partial charge in [0.15, 0.2) is 0 Å². The van der Waals surface area contributed by atoms with E-state index in [9.17, 15) is 31.1 Å². The van der Waals surface area contributed by atoms with E-state index in [2.05, 4.69) is 4.98 Å². The lowest BCUT2D eigenvalue weighted by atomic mass is 10.1. The molecule has 22 heavy (non-hydrogen) atoms. The van der Waals surface area contributed by atoms with E-state index in [1.165, 1.54) is 12.3 Å². The van der Waals surface area contributed by atoms with Crippen LogP contribution in [0.3, 0.4) is 0 Å². The second kappa shape index (κ2) is 5.79. The van der Waals surface area contributed by atoms with Crippen LogP contribution < -0.4 is 0 Å². The van der Waals surface area contributed by atoms with E-state index in [4.69, 9.17) is 0 Å². The number of hydrogen-bond acceptors (Lipinski definition) is 3. The van der Waals surface area contributed by atoms with Crippen LogP contribution in [0.5, 0.6) is 0 Å². The van der Waals surface area contributed by atoms with Crippen LogP contribution in [-0.4, -0.2) is 22.7 Å². The second-order valence-electron chi connectivity index (χ2n) is 4.25. The van der Waals surface area contributed by atoms with Crippen LogP contribution in [0.2, 0.25) is 0 Å². The number of rotatable bonds is 3. The lowest BCUT2D eigenvalue weighted by Gasteiger charge is -2.10. The number of pyridine rings is 1. The Morgan fingerprint density at radius 1 is 1.09 bits per heavy atom. The summed E-state index contributed by atoms with van der Waals surface area (Å²) in [5, 5.41) is 0.260. The largest absolute Gasteiger partial charge is 0.450 e. The molecule has 2 aromatic rings. The molecule has 0 radical (unpaired) electrons. The zero-order valence-electron chi connectivity index (χ0n) is 10.6. The van der Waals surface area contributed by atoms with E-state index in [0.717, 1.165) is 18.2 Å². The fraction of sp³-hybridized carbons (Fsp3) is 0.231. The highest BCUT2D eigenvalue weighted by atomic mass is 32.2. The van der Waals surface area contributed by atoms with Crippen molar-refractivity contribution in [1.82, 2.24) is 4.98 Å². The summed E-state index contributed by atoms with van der Waals surface area (Å²) in [5.41, 5.74) is -0.902. The van der Waals surface area contributed by atoms with Gasteiger partial charge >= 0.3 is 12.4 Å². The fourth-order valence-corrected chi connectivity index (χ4v) is 2.58. The van der Waals surface area contributed by atoms with Crippen molar-refractivity contribution in [2.75, 3.05) is 5.75 Å². The Hall–Kier alpha value is -1.77. The molecule has 0 amide bonds. The van der Waals surface area contributed by atoms with Crippen LogP contribution in [0.25, 0.3) is 10.9 Å². The van der Waals surface area contributed by atoms with Gasteiger partial charge in [-0.15, -0.1) is 11.8 Å². The Kier molecular flexibility index (Phi) is 4.37. The molecule has 0 unspecified atom stereocenters. The predicted molar refractivity (Wildman–Crippen MR) is 68.5 cm³/mol. The minimum absolute atomic E-state index is 0.000664. The summed E-state index contributed by atoms with van der Waals surface area (Å²) < 4.78 is 74.2. The summed E-state index contributed by atoms with van der Waals surface area (Å²) in [6.45, 7) is 0. The Morgan fingerprint density at radius 2 is 1.77 bits per heavy atom. The van der Waals surface area contributed by atoms with Gasteiger partial charge in [-0.05, 0) is 18.2 Å². The molecule has 0 aliphatic rings. The highest BCUT2D eigenvalue weighted by Gasteiger charge is 2.37. The summed E-state index contributed by atoms with van der Waals surface area (Å²) >= 11 is 0.607. The molecule has 0 fully saturated rings. The van der Waals surface area contributed by atoms with Crippen molar-refractivity contribution in [3.05, 3.63) is 36.0 Å². The first kappa shape index (κ1) is 16.6. The third-order valence-corrected chi connectivity index (χ3v) is 3.78. The monoisotopic (exact) mass is 339 g/mol. The average Bonchev–Trinajstić information content (AvgIpc) is 2.42. The van der Waals surface area contributed by atoms with E-state index >= 15 is 0 Å². The molecule has 1 heterocycles. The number of hydrogen-bond donors (Lipinski definition) is 0. The molecule has 2 rings (SSSR count). The lowest BCUT2D eigenvalue weighted by Crippen LogP contribution is -2.24. The third kappa shape index (κ3) is 3.70. The van der Waals surface area contributed by atoms with Crippen LogP contribution in [0.15, 0.2) is 35.4 Å². The first-order chi connectivity index (χ1) is 10.1. The molecule has 0 N–H and O–H groups in total. The van der Waals surface area contributed by atoms with Crippen LogP contribution in [0, 0.1) is 0 Å². The Balaban J connectivity index is 2.30. The quantitative estimate of drug-likeness (QED) is 0.610. The maximum absolute atomic E-state index is 12.6. The number of alkyl halides is 6. The van der Waals surface area contributed by atoms with Crippen molar-refractivity contribution in [3.63, 3.8) is 0 Å². The number of carbonyl (C=O) groups excluding carboxylic acids is 1. The molecular weight excluding hydrogens is 332 g/mol. The van der Waals surface area contributed by atoms with Crippen LogP contribution in [0.1, 0.15) is 5.56 Å². The van der Waals surface area contributed by atoms with Crippen LogP contribution >= 0.6 is 11.8 Å². The highest BCUT2D eigenvalue weighted by Crippen LogP contribution is 2.34. The van der Waals surface area contributed by atoms with E-state index < -0.39 is 29.5 Å². The standard InChI is InChI=1S/C13H7F6NOS/c14-12(15,16)7-1-2-8-9(5-7)20-4-3-10(8)22-6-11(21)13(17,18)19/h1-5H,6H2. The van der Waals surface area contributed by atoms with Crippen molar-refractivity contribution >= 4 is 28.4 Å². The molecule has 9 heteroatoms. The van der Waals surface area contributed by atoms with Gasteiger partial charge in [0.2, 0.25) is 5.78 Å². The molecule has 1 aromatic carbocycles. The zero-order chi connectivity index (χ0) is 16.5. The van der Waals surface area contributed by atoms with E-state index in [1.807, 2.05) is 0 Å². The van der Waals surface area contributed by atoms with Gasteiger partial charge in [-0.25, -0.2) is 0 Å². The number of benzene rings is 1. The number of halogens is 6. The lowest BCUT2D eigenvalue weighted by molar-refractivity contribution is -0.167. The first-order valence-corrected chi connectivity index (χ1v) is 6.76. The van der Waals surface area contributed by atoms with Gasteiger partial charge < -0.3 is 0 Å². The van der Waals surface area contributed by atoms with Crippen molar-refractivity contribution in [2.45, 2.75) is 17.2 Å². The fourth-order valence-electron chi connectivity index (χ4n) is 1.65. The number of fused-ring (bicyclic) bond motifs is 1. The van der Waals surface area contributed by atoms with E-state index in [1.54, 1.807) is 0 Å². The van der Waals surface area contributed by atoms with Crippen molar-refractivity contribution in [2.24, 2.45) is 0 Å². The minimum atomic E-state index is -4.93.